The molecule has 5 N–H and O–H groups in total. The largest absolute Gasteiger partial charge is 0.350 e. The van der Waals surface area contributed by atoms with Crippen LogP contribution < -0.4 is 10.6 Å². The van der Waals surface area contributed by atoms with Crippen LogP contribution in [-0.2, 0) is 35.8 Å². The van der Waals surface area contributed by atoms with Gasteiger partial charge in [-0.2, -0.15) is 25.3 Å². The predicted octanol–water partition coefficient (Wildman–Crippen LogP) is 2.23. The van der Waals surface area contributed by atoms with E-state index < -0.39 is 77.9 Å². The Morgan fingerprint density at radius 3 is 1.91 bits per heavy atom. The van der Waals surface area contributed by atoms with Gasteiger partial charge in [-0.05, 0) is 60.5 Å². The van der Waals surface area contributed by atoms with Crippen LogP contribution in [-0.4, -0.2) is 91.8 Å². The summed E-state index contributed by atoms with van der Waals surface area (Å²) >= 11 is 1.37. The number of nitrogens with one attached hydrogen (secondary N) is 2. The highest BCUT2D eigenvalue weighted by molar-refractivity contribution is 7.86. The van der Waals surface area contributed by atoms with E-state index in [1.165, 1.54) is 23.5 Å². The molecule has 1 atom stereocenters. The van der Waals surface area contributed by atoms with E-state index in [0.717, 1.165) is 21.4 Å². The Balaban J connectivity index is 1.81. The lowest BCUT2D eigenvalue weighted by atomic mass is 9.75. The summed E-state index contributed by atoms with van der Waals surface area (Å²) in [5.74, 6) is -3.68. The third-order valence-electron chi connectivity index (χ3n) is 7.35. The molecule has 3 aromatic rings. The lowest BCUT2D eigenvalue weighted by Crippen LogP contribution is -2.32. The summed E-state index contributed by atoms with van der Waals surface area (Å²) in [4.78, 5) is 34.9. The first-order chi connectivity index (χ1) is 20.8. The van der Waals surface area contributed by atoms with E-state index >= 15 is 0 Å². The molecule has 0 radical (unpaired) electrons. The molecule has 45 heavy (non-hydrogen) atoms. The van der Waals surface area contributed by atoms with Crippen LogP contribution in [0.5, 0.6) is 0 Å². The van der Waals surface area contributed by atoms with Crippen molar-refractivity contribution in [1.29, 1.82) is 0 Å². The van der Waals surface area contributed by atoms with E-state index in [1.54, 1.807) is 0 Å². The van der Waals surface area contributed by atoms with Crippen molar-refractivity contribution in [3.8, 4) is 11.1 Å². The first-order valence-corrected chi connectivity index (χ1v) is 19.0. The summed E-state index contributed by atoms with van der Waals surface area (Å²) in [5.41, 5.74) is 1.81. The third kappa shape index (κ3) is 8.48. The number of aromatic nitrogens is 1. The summed E-state index contributed by atoms with van der Waals surface area (Å²) < 4.78 is 95.2. The van der Waals surface area contributed by atoms with Gasteiger partial charge in [0.1, 0.15) is 11.4 Å². The van der Waals surface area contributed by atoms with Gasteiger partial charge in [-0.1, -0.05) is 6.92 Å². The zero-order valence-corrected chi connectivity index (χ0v) is 27.2. The van der Waals surface area contributed by atoms with Gasteiger partial charge >= 0.3 is 0 Å². The van der Waals surface area contributed by atoms with Crippen LogP contribution in [0.15, 0.2) is 34.6 Å². The molecule has 244 valence electrons. The van der Waals surface area contributed by atoms with Crippen molar-refractivity contribution in [3.63, 3.8) is 0 Å². The number of pyridine rings is 1. The van der Waals surface area contributed by atoms with Gasteiger partial charge in [-0.25, -0.2) is 4.98 Å². The van der Waals surface area contributed by atoms with Gasteiger partial charge in [0.25, 0.3) is 42.2 Å². The smallest absolute Gasteiger partial charge is 0.269 e. The van der Waals surface area contributed by atoms with Gasteiger partial charge in [-0.3, -0.25) is 28.2 Å². The minimum absolute atomic E-state index is 0.148. The lowest BCUT2D eigenvalue weighted by molar-refractivity contribution is 0.0947. The maximum atomic E-state index is 13.0. The number of carbonyl (C=O) groups excluding carboxylic acids is 2. The Morgan fingerprint density at radius 1 is 0.867 bits per heavy atom. The van der Waals surface area contributed by atoms with Crippen LogP contribution in [0.2, 0.25) is 0 Å². The number of thiophene rings is 1. The molecular weight excluding hydrogens is 673 g/mol. The van der Waals surface area contributed by atoms with E-state index in [4.69, 9.17) is 14.1 Å². The van der Waals surface area contributed by atoms with E-state index in [0.29, 0.717) is 23.2 Å². The van der Waals surface area contributed by atoms with Crippen LogP contribution in [0.25, 0.3) is 21.2 Å². The fourth-order valence-electron chi connectivity index (χ4n) is 4.98. The predicted molar refractivity (Wildman–Crippen MR) is 168 cm³/mol. The number of amides is 2. The second kappa shape index (κ2) is 12.8. The van der Waals surface area contributed by atoms with Crippen LogP contribution >= 0.6 is 11.3 Å². The van der Waals surface area contributed by atoms with Crippen molar-refractivity contribution in [1.82, 2.24) is 15.6 Å². The fraction of sp³-hybridized carbons (Fsp3) is 0.385. The highest BCUT2D eigenvalue weighted by Gasteiger charge is 2.38. The molecule has 19 heteroatoms. The lowest BCUT2D eigenvalue weighted by Gasteiger charge is -2.27. The Kier molecular flexibility index (Phi) is 9.84. The maximum Gasteiger partial charge on any atom is 0.269 e. The molecule has 0 aliphatic carbocycles. The molecule has 0 saturated carbocycles. The third-order valence-corrected chi connectivity index (χ3v) is 10.5. The molecule has 2 aromatic heterocycles. The zero-order valence-electron chi connectivity index (χ0n) is 24.0. The van der Waals surface area contributed by atoms with Crippen molar-refractivity contribution in [3.05, 3.63) is 46.6 Å². The molecule has 0 spiro atoms. The number of benzene rings is 1. The quantitative estimate of drug-likeness (QED) is 0.161. The highest BCUT2D eigenvalue weighted by Crippen LogP contribution is 2.50. The zero-order chi connectivity index (χ0) is 33.4. The number of hydrogen-bond acceptors (Lipinski definition) is 11. The van der Waals surface area contributed by atoms with Crippen LogP contribution in [0, 0.1) is 0 Å². The second-order valence-corrected chi connectivity index (χ2v) is 16.2. The summed E-state index contributed by atoms with van der Waals surface area (Å²) in [6.07, 6.45) is 0.485. The average Bonchev–Trinajstić information content (AvgIpc) is 3.49. The minimum atomic E-state index is -4.38. The minimum Gasteiger partial charge on any atom is -0.350 e. The van der Waals surface area contributed by atoms with E-state index in [9.17, 15) is 39.4 Å². The number of fused-ring (bicyclic) bond motifs is 3. The van der Waals surface area contributed by atoms with Crippen molar-refractivity contribution in [2.45, 2.75) is 32.1 Å². The molecule has 1 aliphatic heterocycles. The molecule has 0 bridgehead atoms. The number of rotatable bonds is 13. The summed E-state index contributed by atoms with van der Waals surface area (Å²) in [7, 11) is -12.9. The Morgan fingerprint density at radius 2 is 1.40 bits per heavy atom. The van der Waals surface area contributed by atoms with Crippen LogP contribution in [0.4, 0.5) is 5.69 Å². The maximum absolute atomic E-state index is 13.0. The molecule has 2 amide bonds. The number of hydrogen-bond donors (Lipinski definition) is 5. The van der Waals surface area contributed by atoms with Crippen molar-refractivity contribution < 1.29 is 48.5 Å². The molecule has 1 unspecified atom stereocenters. The van der Waals surface area contributed by atoms with Crippen molar-refractivity contribution >= 4 is 75.0 Å². The molecule has 0 saturated heterocycles. The van der Waals surface area contributed by atoms with E-state index in [1.807, 2.05) is 31.4 Å². The normalized spacial score (nSPS) is 16.8. The van der Waals surface area contributed by atoms with Crippen molar-refractivity contribution in [2.24, 2.45) is 4.99 Å². The Hall–Kier alpha value is -3.33. The van der Waals surface area contributed by atoms with Crippen LogP contribution in [0.1, 0.15) is 53.2 Å². The number of carbonyl (C=O) groups is 2. The van der Waals surface area contributed by atoms with E-state index in [2.05, 4.69) is 15.6 Å². The van der Waals surface area contributed by atoms with E-state index in [-0.39, 0.29) is 17.8 Å². The Labute approximate surface area is 263 Å². The Bertz CT molecular complexity index is 1970. The van der Waals surface area contributed by atoms with Gasteiger partial charge in [0.15, 0.2) is 0 Å². The fourth-order valence-corrected chi connectivity index (χ4v) is 7.14. The number of aliphatic imine (C=N–C) groups is 1. The average molecular weight is 703 g/mol. The molecule has 1 aliphatic rings. The molecule has 4 rings (SSSR count). The second-order valence-electron chi connectivity index (χ2n) is 10.6. The monoisotopic (exact) mass is 702 g/mol. The first kappa shape index (κ1) is 34.5. The SMILES string of the molecule is CC1=Nc2c(cc(-c3cc(C(=O)NCCS(=O)(=O)O)nc(C(=O)NCCS(=O)(=O)O)c3)c3sccc23)C1(C)CCCS(=O)(=O)O. The molecular formula is C26H30N4O11S4. The molecule has 3 heterocycles. The van der Waals surface area contributed by atoms with Gasteiger partial charge < -0.3 is 10.6 Å². The molecule has 15 nitrogen and oxygen atoms in total. The van der Waals surface area contributed by atoms with Crippen LogP contribution in [0.3, 0.4) is 0 Å². The molecule has 0 fully saturated rings. The van der Waals surface area contributed by atoms with Gasteiger partial charge in [0.05, 0.1) is 22.9 Å². The standard InChI is InChI=1S/C26H30N4O11S4/c1-15-26(2,5-3-9-43(33,34)35)19-14-18(23-17(4-8-42-23)22(19)29-15)16-12-20(24(31)27-6-10-44(36,37)38)30-21(13-16)25(32)28-7-11-45(39,40)41/h4,8,12-14H,3,5-7,9-11H2,1-2H3,(H,27,31)(H,28,32)(H,33,34,35)(H,36,37,38)(H,39,40,41). The topological polar surface area (TPSA) is 247 Å². The highest BCUT2D eigenvalue weighted by atomic mass is 32.2. The molecule has 1 aromatic carbocycles. The van der Waals surface area contributed by atoms with Gasteiger partial charge in [-0.15, -0.1) is 11.3 Å². The number of nitrogens with zero attached hydrogens (tertiary/aromatic N) is 2. The first-order valence-electron chi connectivity index (χ1n) is 13.3. The summed E-state index contributed by atoms with van der Waals surface area (Å²) in [6, 6.07) is 6.46. The summed E-state index contributed by atoms with van der Waals surface area (Å²) in [6.45, 7) is 2.82. The van der Waals surface area contributed by atoms with Gasteiger partial charge in [0.2, 0.25) is 0 Å². The summed E-state index contributed by atoms with van der Waals surface area (Å²) in [5, 5.41) is 7.24. The van der Waals surface area contributed by atoms with Gasteiger partial charge in [0, 0.05) is 39.9 Å². The van der Waals surface area contributed by atoms with Crippen molar-refractivity contribution in [2.75, 3.05) is 30.3 Å².